The molecule has 82 valence electrons. The van der Waals surface area contributed by atoms with Gasteiger partial charge in [0, 0.05) is 10.5 Å². The highest BCUT2D eigenvalue weighted by Gasteiger charge is 2.38. The van der Waals surface area contributed by atoms with E-state index < -0.39 is 12.1 Å². The maximum Gasteiger partial charge on any atom is 0.471 e. The maximum atomic E-state index is 11.9. The summed E-state index contributed by atoms with van der Waals surface area (Å²) in [5.41, 5.74) is -0.141. The third-order valence-electron chi connectivity index (χ3n) is 1.46. The molecule has 0 saturated heterocycles. The first-order valence-electron chi connectivity index (χ1n) is 3.67. The molecule has 0 atom stereocenters. The van der Waals surface area contributed by atoms with Crippen LogP contribution in [0.5, 0.6) is 5.75 Å². The Morgan fingerprint density at radius 2 is 2.00 bits per heavy atom. The number of carbonyl (C=O) groups is 1. The molecule has 1 aromatic rings. The van der Waals surface area contributed by atoms with Crippen molar-refractivity contribution in [2.45, 2.75) is 6.18 Å². The van der Waals surface area contributed by atoms with Crippen LogP contribution in [0.4, 0.5) is 18.9 Å². The van der Waals surface area contributed by atoms with Gasteiger partial charge < -0.3 is 10.4 Å². The van der Waals surface area contributed by atoms with Crippen molar-refractivity contribution in [3.8, 4) is 5.75 Å². The number of hydrogen-bond acceptors (Lipinski definition) is 2. The first-order valence-corrected chi connectivity index (χ1v) is 4.46. The van der Waals surface area contributed by atoms with E-state index in [9.17, 15) is 18.0 Å². The standard InChI is InChI=1S/C8H5BrF3NO2/c9-5-2-1-4(14)3-6(5)13-7(15)8(10,11)12/h1-3,14H,(H,13,15). The molecule has 1 amide bonds. The van der Waals surface area contributed by atoms with Crippen LogP contribution >= 0.6 is 15.9 Å². The van der Waals surface area contributed by atoms with Gasteiger partial charge in [-0.1, -0.05) is 0 Å². The number of phenols is 1. The molecule has 0 saturated carbocycles. The molecule has 0 aliphatic rings. The fourth-order valence-corrected chi connectivity index (χ4v) is 1.15. The number of alkyl halides is 3. The zero-order chi connectivity index (χ0) is 11.6. The van der Waals surface area contributed by atoms with E-state index in [1.54, 1.807) is 5.32 Å². The molecule has 0 aromatic heterocycles. The molecule has 0 bridgehead atoms. The average Bonchev–Trinajstić information content (AvgIpc) is 2.09. The second kappa shape index (κ2) is 4.09. The minimum absolute atomic E-state index is 0.141. The van der Waals surface area contributed by atoms with E-state index in [-0.39, 0.29) is 15.9 Å². The predicted molar refractivity (Wildman–Crippen MR) is 50.5 cm³/mol. The Labute approximate surface area is 91.0 Å². The molecule has 0 fully saturated rings. The second-order valence-electron chi connectivity index (χ2n) is 2.62. The molecule has 0 unspecified atom stereocenters. The third-order valence-corrected chi connectivity index (χ3v) is 2.15. The van der Waals surface area contributed by atoms with Crippen molar-refractivity contribution >= 4 is 27.5 Å². The molecule has 1 rings (SSSR count). The van der Waals surface area contributed by atoms with Crippen LogP contribution < -0.4 is 5.32 Å². The quantitative estimate of drug-likeness (QED) is 0.833. The summed E-state index contributed by atoms with van der Waals surface area (Å²) in [5, 5.41) is 10.6. The number of aromatic hydroxyl groups is 1. The molecule has 15 heavy (non-hydrogen) atoms. The monoisotopic (exact) mass is 283 g/mol. The van der Waals surface area contributed by atoms with Gasteiger partial charge in [-0.2, -0.15) is 13.2 Å². The van der Waals surface area contributed by atoms with E-state index in [1.807, 2.05) is 0 Å². The Kier molecular flexibility index (Phi) is 3.23. The van der Waals surface area contributed by atoms with Gasteiger partial charge in [0.1, 0.15) is 5.75 Å². The topological polar surface area (TPSA) is 49.3 Å². The van der Waals surface area contributed by atoms with Crippen LogP contribution in [-0.2, 0) is 4.79 Å². The first kappa shape index (κ1) is 11.8. The van der Waals surface area contributed by atoms with Gasteiger partial charge >= 0.3 is 12.1 Å². The molecule has 7 heteroatoms. The number of hydrogen-bond donors (Lipinski definition) is 2. The van der Waals surface area contributed by atoms with Gasteiger partial charge in [-0.15, -0.1) is 0 Å². The van der Waals surface area contributed by atoms with Crippen LogP contribution in [-0.4, -0.2) is 17.2 Å². The molecule has 0 aliphatic heterocycles. The maximum absolute atomic E-state index is 11.9. The molecular weight excluding hydrogens is 279 g/mol. The number of nitrogens with one attached hydrogen (secondary N) is 1. The molecular formula is C8H5BrF3NO2. The summed E-state index contributed by atoms with van der Waals surface area (Å²) in [7, 11) is 0. The SMILES string of the molecule is O=C(Nc1cc(O)ccc1Br)C(F)(F)F. The van der Waals surface area contributed by atoms with E-state index in [4.69, 9.17) is 5.11 Å². The lowest BCUT2D eigenvalue weighted by molar-refractivity contribution is -0.167. The van der Waals surface area contributed by atoms with E-state index in [0.29, 0.717) is 0 Å². The van der Waals surface area contributed by atoms with E-state index in [0.717, 1.165) is 6.07 Å². The summed E-state index contributed by atoms with van der Waals surface area (Å²) >= 11 is 2.93. The van der Waals surface area contributed by atoms with Crippen molar-refractivity contribution in [1.29, 1.82) is 0 Å². The number of anilines is 1. The summed E-state index contributed by atoms with van der Waals surface area (Å²) in [5.74, 6) is -2.33. The van der Waals surface area contributed by atoms with Crippen LogP contribution in [0.15, 0.2) is 22.7 Å². The number of halogens is 4. The molecule has 1 aromatic carbocycles. The highest BCUT2D eigenvalue weighted by Crippen LogP contribution is 2.28. The summed E-state index contributed by atoms with van der Waals surface area (Å²) < 4.78 is 35.9. The van der Waals surface area contributed by atoms with E-state index >= 15 is 0 Å². The summed E-state index contributed by atoms with van der Waals surface area (Å²) in [4.78, 5) is 10.6. The van der Waals surface area contributed by atoms with Gasteiger partial charge in [0.05, 0.1) is 5.69 Å². The molecule has 0 radical (unpaired) electrons. The number of benzene rings is 1. The zero-order valence-corrected chi connectivity index (χ0v) is 8.69. The van der Waals surface area contributed by atoms with Crippen LogP contribution in [0.2, 0.25) is 0 Å². The van der Waals surface area contributed by atoms with Crippen molar-refractivity contribution in [2.75, 3.05) is 5.32 Å². The van der Waals surface area contributed by atoms with Gasteiger partial charge in [0.15, 0.2) is 0 Å². The van der Waals surface area contributed by atoms with Crippen LogP contribution in [0.25, 0.3) is 0 Å². The van der Waals surface area contributed by atoms with Gasteiger partial charge in [-0.25, -0.2) is 0 Å². The molecule has 0 aliphatic carbocycles. The van der Waals surface area contributed by atoms with E-state index in [1.165, 1.54) is 12.1 Å². The zero-order valence-electron chi connectivity index (χ0n) is 7.10. The van der Waals surface area contributed by atoms with Crippen molar-refractivity contribution < 1.29 is 23.1 Å². The fraction of sp³-hybridized carbons (Fsp3) is 0.125. The summed E-state index contributed by atoms with van der Waals surface area (Å²) in [6.07, 6.45) is -4.95. The number of amides is 1. The molecule has 0 heterocycles. The minimum atomic E-state index is -4.95. The van der Waals surface area contributed by atoms with E-state index in [2.05, 4.69) is 15.9 Å². The largest absolute Gasteiger partial charge is 0.508 e. The van der Waals surface area contributed by atoms with Crippen molar-refractivity contribution in [1.82, 2.24) is 0 Å². The highest BCUT2D eigenvalue weighted by molar-refractivity contribution is 9.10. The fourth-order valence-electron chi connectivity index (χ4n) is 0.802. The van der Waals surface area contributed by atoms with Gasteiger partial charge in [-0.05, 0) is 28.1 Å². The van der Waals surface area contributed by atoms with Gasteiger partial charge in [-0.3, -0.25) is 4.79 Å². The summed E-state index contributed by atoms with van der Waals surface area (Å²) in [6.45, 7) is 0. The van der Waals surface area contributed by atoms with Crippen molar-refractivity contribution in [2.24, 2.45) is 0 Å². The van der Waals surface area contributed by atoms with Crippen LogP contribution in [0.1, 0.15) is 0 Å². The molecule has 2 N–H and O–H groups in total. The Balaban J connectivity index is 2.90. The lowest BCUT2D eigenvalue weighted by atomic mass is 10.3. The van der Waals surface area contributed by atoms with Crippen molar-refractivity contribution in [3.63, 3.8) is 0 Å². The summed E-state index contributed by atoms with van der Waals surface area (Å²) in [6, 6.07) is 3.60. The lowest BCUT2D eigenvalue weighted by Gasteiger charge is -2.09. The number of rotatable bonds is 1. The van der Waals surface area contributed by atoms with Gasteiger partial charge in [0.2, 0.25) is 0 Å². The second-order valence-corrected chi connectivity index (χ2v) is 3.47. The first-order chi connectivity index (χ1) is 6.80. The van der Waals surface area contributed by atoms with Crippen LogP contribution in [0.3, 0.4) is 0 Å². The van der Waals surface area contributed by atoms with Crippen LogP contribution in [0, 0.1) is 0 Å². The van der Waals surface area contributed by atoms with Gasteiger partial charge in [0.25, 0.3) is 0 Å². The third kappa shape index (κ3) is 3.12. The predicted octanol–water partition coefficient (Wildman–Crippen LogP) is 2.66. The molecule has 3 nitrogen and oxygen atoms in total. The van der Waals surface area contributed by atoms with Crippen molar-refractivity contribution in [3.05, 3.63) is 22.7 Å². The highest BCUT2D eigenvalue weighted by atomic mass is 79.9. The number of carbonyl (C=O) groups excluding carboxylic acids is 1. The Morgan fingerprint density at radius 1 is 1.40 bits per heavy atom. The number of phenolic OH excluding ortho intramolecular Hbond substituents is 1. The minimum Gasteiger partial charge on any atom is -0.508 e. The Bertz CT molecular complexity index is 392. The Hall–Kier alpha value is -1.24. The smallest absolute Gasteiger partial charge is 0.471 e. The normalized spacial score (nSPS) is 11.2. The average molecular weight is 284 g/mol. The molecule has 0 spiro atoms. The lowest BCUT2D eigenvalue weighted by Crippen LogP contribution is -2.30. The Morgan fingerprint density at radius 3 is 2.53 bits per heavy atom.